The molecule has 1 aromatic heterocycles. The summed E-state index contributed by atoms with van der Waals surface area (Å²) in [5.74, 6) is 1.26. The average molecular weight is 222 g/mol. The van der Waals surface area contributed by atoms with Crippen molar-refractivity contribution in [2.45, 2.75) is 33.6 Å². The van der Waals surface area contributed by atoms with Crippen molar-refractivity contribution in [1.29, 1.82) is 0 Å². The van der Waals surface area contributed by atoms with E-state index < -0.39 is 0 Å². The summed E-state index contributed by atoms with van der Waals surface area (Å²) in [4.78, 5) is 0. The Bertz CT molecular complexity index is 384. The second-order valence-electron chi connectivity index (χ2n) is 4.59. The molecule has 4 nitrogen and oxygen atoms in total. The highest BCUT2D eigenvalue weighted by atomic mass is 15.3. The van der Waals surface area contributed by atoms with E-state index in [0.29, 0.717) is 5.92 Å². The van der Waals surface area contributed by atoms with Crippen molar-refractivity contribution in [3.8, 4) is 0 Å². The summed E-state index contributed by atoms with van der Waals surface area (Å²) >= 11 is 0. The Balaban J connectivity index is 2.84. The molecule has 1 aromatic rings. The van der Waals surface area contributed by atoms with E-state index >= 15 is 0 Å². The van der Waals surface area contributed by atoms with Gasteiger partial charge in [0.2, 0.25) is 0 Å². The molecule has 3 N–H and O–H groups in total. The summed E-state index contributed by atoms with van der Waals surface area (Å²) in [6, 6.07) is 0. The van der Waals surface area contributed by atoms with Crippen LogP contribution in [0.15, 0.2) is 11.6 Å². The largest absolute Gasteiger partial charge is 0.394 e. The predicted molar refractivity (Wildman–Crippen MR) is 69.6 cm³/mol. The Morgan fingerprint density at radius 2 is 2.12 bits per heavy atom. The Kier molecular flexibility index (Phi) is 3.99. The molecule has 0 unspecified atom stereocenters. The van der Waals surface area contributed by atoms with E-state index in [1.54, 1.807) is 0 Å². The number of nitrogens with two attached hydrogens (primary N) is 1. The van der Waals surface area contributed by atoms with E-state index in [2.05, 4.69) is 44.2 Å². The average Bonchev–Trinajstić information content (AvgIpc) is 2.44. The van der Waals surface area contributed by atoms with E-state index in [0.717, 1.165) is 23.7 Å². The number of anilines is 2. The number of allylic oxidation sites excluding steroid dienone is 1. The molecule has 0 aliphatic carbocycles. The van der Waals surface area contributed by atoms with Crippen molar-refractivity contribution >= 4 is 11.5 Å². The maximum atomic E-state index is 6.06. The summed E-state index contributed by atoms with van der Waals surface area (Å²) in [6.07, 6.45) is 2.13. The van der Waals surface area contributed by atoms with Crippen molar-refractivity contribution in [2.75, 3.05) is 17.6 Å². The first-order valence-electron chi connectivity index (χ1n) is 5.63. The van der Waals surface area contributed by atoms with Gasteiger partial charge in [-0.1, -0.05) is 25.5 Å². The molecule has 1 rings (SSSR count). The molecule has 0 spiro atoms. The summed E-state index contributed by atoms with van der Waals surface area (Å²) in [7, 11) is 1.91. The summed E-state index contributed by atoms with van der Waals surface area (Å²) in [5.41, 5.74) is 9.07. The Morgan fingerprint density at radius 1 is 1.50 bits per heavy atom. The lowest BCUT2D eigenvalue weighted by molar-refractivity contribution is 0.716. The molecule has 0 saturated heterocycles. The molecule has 0 amide bonds. The fourth-order valence-corrected chi connectivity index (χ4v) is 1.55. The predicted octanol–water partition coefficient (Wildman–Crippen LogP) is 2.50. The Labute approximate surface area is 97.5 Å². The SMILES string of the molecule is CC(C)=CCNc1c(N)c(C(C)C)nn1C. The first kappa shape index (κ1) is 12.6. The van der Waals surface area contributed by atoms with Crippen LogP contribution in [0.4, 0.5) is 11.5 Å². The van der Waals surface area contributed by atoms with E-state index in [-0.39, 0.29) is 0 Å². The summed E-state index contributed by atoms with van der Waals surface area (Å²) in [5, 5.41) is 7.70. The standard InChI is InChI=1S/C12H22N4/c1-8(2)6-7-14-12-10(13)11(9(3)4)15-16(12)5/h6,9,14H,7,13H2,1-5H3. The first-order chi connectivity index (χ1) is 7.43. The quantitative estimate of drug-likeness (QED) is 0.770. The number of hydrogen-bond donors (Lipinski definition) is 2. The zero-order valence-electron chi connectivity index (χ0n) is 10.8. The number of aryl methyl sites for hydroxylation is 1. The van der Waals surface area contributed by atoms with Gasteiger partial charge in [0.25, 0.3) is 0 Å². The smallest absolute Gasteiger partial charge is 0.148 e. The van der Waals surface area contributed by atoms with Crippen LogP contribution in [0, 0.1) is 0 Å². The molecule has 0 radical (unpaired) electrons. The van der Waals surface area contributed by atoms with E-state index in [1.165, 1.54) is 5.57 Å². The highest BCUT2D eigenvalue weighted by molar-refractivity contribution is 5.65. The number of nitrogens with zero attached hydrogens (tertiary/aromatic N) is 2. The third kappa shape index (κ3) is 2.78. The molecule has 0 saturated carbocycles. The van der Waals surface area contributed by atoms with Gasteiger partial charge in [0.15, 0.2) is 0 Å². The van der Waals surface area contributed by atoms with Crippen molar-refractivity contribution < 1.29 is 0 Å². The minimum atomic E-state index is 0.352. The molecule has 90 valence electrons. The highest BCUT2D eigenvalue weighted by Gasteiger charge is 2.14. The van der Waals surface area contributed by atoms with Crippen LogP contribution in [0.2, 0.25) is 0 Å². The van der Waals surface area contributed by atoms with Gasteiger partial charge < -0.3 is 11.1 Å². The van der Waals surface area contributed by atoms with Gasteiger partial charge in [0.1, 0.15) is 5.82 Å². The second-order valence-corrected chi connectivity index (χ2v) is 4.59. The fourth-order valence-electron chi connectivity index (χ4n) is 1.55. The van der Waals surface area contributed by atoms with Gasteiger partial charge in [-0.05, 0) is 19.8 Å². The van der Waals surface area contributed by atoms with Crippen LogP contribution in [0.25, 0.3) is 0 Å². The molecule has 0 aromatic carbocycles. The topological polar surface area (TPSA) is 55.9 Å². The van der Waals surface area contributed by atoms with Gasteiger partial charge in [0.05, 0.1) is 11.4 Å². The van der Waals surface area contributed by atoms with Gasteiger partial charge in [0, 0.05) is 13.6 Å². The van der Waals surface area contributed by atoms with E-state index in [4.69, 9.17) is 5.73 Å². The molecule has 0 aliphatic heterocycles. The normalized spacial score (nSPS) is 10.6. The first-order valence-corrected chi connectivity index (χ1v) is 5.63. The zero-order chi connectivity index (χ0) is 12.3. The lowest BCUT2D eigenvalue weighted by Crippen LogP contribution is -2.06. The number of nitrogen functional groups attached to an aromatic ring is 1. The molecule has 1 heterocycles. The van der Waals surface area contributed by atoms with Crippen molar-refractivity contribution in [3.63, 3.8) is 0 Å². The van der Waals surface area contributed by atoms with Crippen LogP contribution in [0.5, 0.6) is 0 Å². The Hall–Kier alpha value is -1.45. The molecular formula is C12H22N4. The minimum Gasteiger partial charge on any atom is -0.394 e. The molecule has 0 fully saturated rings. The van der Waals surface area contributed by atoms with Crippen LogP contribution in [0.3, 0.4) is 0 Å². The summed E-state index contributed by atoms with van der Waals surface area (Å²) in [6.45, 7) is 9.13. The van der Waals surface area contributed by atoms with Crippen molar-refractivity contribution in [1.82, 2.24) is 9.78 Å². The highest BCUT2D eigenvalue weighted by Crippen LogP contribution is 2.27. The maximum absolute atomic E-state index is 6.06. The van der Waals surface area contributed by atoms with Gasteiger partial charge in [-0.25, -0.2) is 0 Å². The summed E-state index contributed by atoms with van der Waals surface area (Å²) < 4.78 is 1.81. The molecule has 4 heteroatoms. The lowest BCUT2D eigenvalue weighted by Gasteiger charge is -2.05. The minimum absolute atomic E-state index is 0.352. The number of aromatic nitrogens is 2. The van der Waals surface area contributed by atoms with Crippen LogP contribution >= 0.6 is 0 Å². The molecular weight excluding hydrogens is 200 g/mol. The zero-order valence-corrected chi connectivity index (χ0v) is 10.8. The maximum Gasteiger partial charge on any atom is 0.148 e. The van der Waals surface area contributed by atoms with Crippen LogP contribution in [0.1, 0.15) is 39.3 Å². The van der Waals surface area contributed by atoms with E-state index in [1.807, 2.05) is 11.7 Å². The molecule has 16 heavy (non-hydrogen) atoms. The van der Waals surface area contributed by atoms with Gasteiger partial charge in [-0.3, -0.25) is 4.68 Å². The number of hydrogen-bond acceptors (Lipinski definition) is 3. The van der Waals surface area contributed by atoms with Gasteiger partial charge in [-0.2, -0.15) is 5.10 Å². The third-order valence-electron chi connectivity index (χ3n) is 2.44. The van der Waals surface area contributed by atoms with Gasteiger partial charge >= 0.3 is 0 Å². The van der Waals surface area contributed by atoms with Crippen molar-refractivity contribution in [3.05, 3.63) is 17.3 Å². The Morgan fingerprint density at radius 3 is 2.56 bits per heavy atom. The molecule has 0 bridgehead atoms. The van der Waals surface area contributed by atoms with Crippen LogP contribution in [-0.2, 0) is 7.05 Å². The van der Waals surface area contributed by atoms with Crippen LogP contribution < -0.4 is 11.1 Å². The van der Waals surface area contributed by atoms with Crippen LogP contribution in [-0.4, -0.2) is 16.3 Å². The molecule has 0 atom stereocenters. The fraction of sp³-hybridized carbons (Fsp3) is 0.583. The van der Waals surface area contributed by atoms with Gasteiger partial charge in [-0.15, -0.1) is 0 Å². The monoisotopic (exact) mass is 222 g/mol. The third-order valence-corrected chi connectivity index (χ3v) is 2.44. The number of rotatable bonds is 4. The number of nitrogens with one attached hydrogen (secondary N) is 1. The lowest BCUT2D eigenvalue weighted by atomic mass is 10.1. The van der Waals surface area contributed by atoms with Crippen molar-refractivity contribution in [2.24, 2.45) is 7.05 Å². The van der Waals surface area contributed by atoms with E-state index in [9.17, 15) is 0 Å². The second kappa shape index (κ2) is 5.05. The molecule has 0 aliphatic rings.